The standard InChI is InChI=1S/C59H98O6/c1-4-7-10-13-16-19-22-25-27-29-30-31-33-34-37-40-43-46-49-52-58(61)64-55-56(54-63-57(60)51-48-45-42-39-36-24-21-18-15-12-9-6-3)65-59(62)53-50-47-44-41-38-35-32-28-26-23-20-17-14-11-8-5-2/h7,10,16,18-19,21,25,27-28,30-32,34,37,43,46,56H,4-6,8-9,11-15,17,20,22-24,26,29,33,35-36,38-42,44-45,47-55H2,1-3H3/b10-7-,19-16-,21-18-,27-25-,31-30-,32-28-,37-34-,46-43-/t56-/m1/s1. The van der Waals surface area contributed by atoms with E-state index in [1.807, 2.05) is 6.08 Å². The molecule has 6 nitrogen and oxygen atoms in total. The highest BCUT2D eigenvalue weighted by atomic mass is 16.6. The lowest BCUT2D eigenvalue weighted by Crippen LogP contribution is -2.30. The molecule has 370 valence electrons. The van der Waals surface area contributed by atoms with Gasteiger partial charge in [-0.3, -0.25) is 14.4 Å². The van der Waals surface area contributed by atoms with E-state index in [4.69, 9.17) is 14.2 Å². The van der Waals surface area contributed by atoms with Crippen molar-refractivity contribution in [1.82, 2.24) is 0 Å². The molecule has 0 fully saturated rings. The monoisotopic (exact) mass is 903 g/mol. The van der Waals surface area contributed by atoms with Crippen LogP contribution in [-0.2, 0) is 28.6 Å². The molecule has 0 aromatic rings. The summed E-state index contributed by atoms with van der Waals surface area (Å²) in [6.07, 6.45) is 69.7. The molecule has 0 bridgehead atoms. The summed E-state index contributed by atoms with van der Waals surface area (Å²) in [6.45, 7) is 6.41. The Hall–Kier alpha value is -3.67. The maximum atomic E-state index is 12.8. The van der Waals surface area contributed by atoms with Crippen LogP contribution in [0.15, 0.2) is 97.2 Å². The summed E-state index contributed by atoms with van der Waals surface area (Å²) >= 11 is 0. The molecule has 6 heteroatoms. The maximum Gasteiger partial charge on any atom is 0.306 e. The van der Waals surface area contributed by atoms with E-state index in [2.05, 4.69) is 112 Å². The van der Waals surface area contributed by atoms with Crippen LogP contribution in [0, 0.1) is 0 Å². The Morgan fingerprint density at radius 1 is 0.323 bits per heavy atom. The predicted molar refractivity (Wildman–Crippen MR) is 279 cm³/mol. The van der Waals surface area contributed by atoms with Crippen molar-refractivity contribution in [2.45, 2.75) is 245 Å². The number of allylic oxidation sites excluding steroid dienone is 16. The van der Waals surface area contributed by atoms with Crippen LogP contribution < -0.4 is 0 Å². The van der Waals surface area contributed by atoms with Crippen molar-refractivity contribution in [3.63, 3.8) is 0 Å². The van der Waals surface area contributed by atoms with Gasteiger partial charge in [-0.2, -0.15) is 0 Å². The van der Waals surface area contributed by atoms with Gasteiger partial charge in [-0.05, 0) is 109 Å². The maximum absolute atomic E-state index is 12.8. The molecule has 0 unspecified atom stereocenters. The SMILES string of the molecule is CC/C=C\C/C=C\C/C=C\C/C=C\C/C=C\C/C=C\CCC(=O)OC[C@@H](COC(=O)CCCCCCC/C=C\CCCCC)OC(=O)CCCCCCC/C=C\CCCCCCCCC. The van der Waals surface area contributed by atoms with Crippen molar-refractivity contribution in [3.05, 3.63) is 97.2 Å². The van der Waals surface area contributed by atoms with E-state index in [1.165, 1.54) is 89.9 Å². The first-order chi connectivity index (χ1) is 32.0. The lowest BCUT2D eigenvalue weighted by molar-refractivity contribution is -0.166. The third kappa shape index (κ3) is 51.2. The number of unbranched alkanes of at least 4 members (excludes halogenated alkanes) is 20. The van der Waals surface area contributed by atoms with E-state index in [0.29, 0.717) is 19.3 Å². The molecular formula is C59H98O6. The predicted octanol–water partition coefficient (Wildman–Crippen LogP) is 17.8. The molecule has 0 aromatic carbocycles. The Balaban J connectivity index is 4.52. The lowest BCUT2D eigenvalue weighted by atomic mass is 10.1. The van der Waals surface area contributed by atoms with Gasteiger partial charge in [0.15, 0.2) is 6.10 Å². The fourth-order valence-electron chi connectivity index (χ4n) is 7.04. The molecule has 65 heavy (non-hydrogen) atoms. The minimum absolute atomic E-state index is 0.109. The summed E-state index contributed by atoms with van der Waals surface area (Å²) in [5.41, 5.74) is 0. The van der Waals surface area contributed by atoms with Crippen molar-refractivity contribution in [2.75, 3.05) is 13.2 Å². The summed E-state index contributed by atoms with van der Waals surface area (Å²) < 4.78 is 16.7. The van der Waals surface area contributed by atoms with Gasteiger partial charge in [0, 0.05) is 19.3 Å². The van der Waals surface area contributed by atoms with Crippen LogP contribution in [0.1, 0.15) is 239 Å². The molecule has 0 rings (SSSR count). The Morgan fingerprint density at radius 3 is 1.06 bits per heavy atom. The molecule has 1 atom stereocenters. The van der Waals surface area contributed by atoms with Crippen molar-refractivity contribution in [2.24, 2.45) is 0 Å². The average molecular weight is 903 g/mol. The molecule has 0 spiro atoms. The highest BCUT2D eigenvalue weighted by molar-refractivity contribution is 5.71. The molecular weight excluding hydrogens is 805 g/mol. The van der Waals surface area contributed by atoms with Crippen molar-refractivity contribution in [1.29, 1.82) is 0 Å². The van der Waals surface area contributed by atoms with Gasteiger partial charge >= 0.3 is 17.9 Å². The molecule has 0 amide bonds. The number of rotatable bonds is 47. The third-order valence-corrected chi connectivity index (χ3v) is 11.1. The number of hydrogen-bond acceptors (Lipinski definition) is 6. The first-order valence-corrected chi connectivity index (χ1v) is 26.7. The summed E-state index contributed by atoms with van der Waals surface area (Å²) in [4.78, 5) is 38.0. The molecule has 0 saturated carbocycles. The van der Waals surface area contributed by atoms with Gasteiger partial charge in [0.1, 0.15) is 13.2 Å². The van der Waals surface area contributed by atoms with Crippen molar-refractivity contribution >= 4 is 17.9 Å². The van der Waals surface area contributed by atoms with E-state index < -0.39 is 6.10 Å². The molecule has 0 saturated heterocycles. The Morgan fingerprint density at radius 2 is 0.631 bits per heavy atom. The quantitative estimate of drug-likeness (QED) is 0.0262. The molecule has 0 N–H and O–H groups in total. The number of hydrogen-bond donors (Lipinski definition) is 0. The number of carbonyl (C=O) groups excluding carboxylic acids is 3. The summed E-state index contributed by atoms with van der Waals surface area (Å²) in [7, 11) is 0. The van der Waals surface area contributed by atoms with Crippen LogP contribution >= 0.6 is 0 Å². The average Bonchev–Trinajstić information content (AvgIpc) is 3.30. The Kier molecular flexibility index (Phi) is 50.0. The van der Waals surface area contributed by atoms with Gasteiger partial charge in [0.2, 0.25) is 0 Å². The smallest absolute Gasteiger partial charge is 0.306 e. The lowest BCUT2D eigenvalue weighted by Gasteiger charge is -2.18. The van der Waals surface area contributed by atoms with Crippen LogP contribution in [0.5, 0.6) is 0 Å². The van der Waals surface area contributed by atoms with Crippen molar-refractivity contribution < 1.29 is 28.6 Å². The van der Waals surface area contributed by atoms with Crippen LogP contribution in [-0.4, -0.2) is 37.2 Å². The zero-order chi connectivity index (χ0) is 47.2. The largest absolute Gasteiger partial charge is 0.462 e. The van der Waals surface area contributed by atoms with Crippen LogP contribution in [0.2, 0.25) is 0 Å². The number of carbonyl (C=O) groups is 3. The third-order valence-electron chi connectivity index (χ3n) is 11.1. The second-order valence-corrected chi connectivity index (χ2v) is 17.4. The normalized spacial score (nSPS) is 12.8. The zero-order valence-corrected chi connectivity index (χ0v) is 42.2. The van der Waals surface area contributed by atoms with Gasteiger partial charge in [0.05, 0.1) is 0 Å². The molecule has 0 radical (unpaired) electrons. The first kappa shape index (κ1) is 61.3. The van der Waals surface area contributed by atoms with E-state index in [-0.39, 0.29) is 37.5 Å². The molecule has 0 heterocycles. The van der Waals surface area contributed by atoms with E-state index in [1.54, 1.807) is 0 Å². The van der Waals surface area contributed by atoms with Crippen LogP contribution in [0.3, 0.4) is 0 Å². The molecule has 0 aromatic heterocycles. The highest BCUT2D eigenvalue weighted by Crippen LogP contribution is 2.13. The van der Waals surface area contributed by atoms with E-state index in [9.17, 15) is 14.4 Å². The first-order valence-electron chi connectivity index (χ1n) is 26.7. The van der Waals surface area contributed by atoms with Gasteiger partial charge in [-0.25, -0.2) is 0 Å². The Labute approximate surface area is 400 Å². The minimum atomic E-state index is -0.816. The molecule has 0 aliphatic carbocycles. The van der Waals surface area contributed by atoms with E-state index >= 15 is 0 Å². The van der Waals surface area contributed by atoms with Gasteiger partial charge < -0.3 is 14.2 Å². The second kappa shape index (κ2) is 52.9. The second-order valence-electron chi connectivity index (χ2n) is 17.4. The van der Waals surface area contributed by atoms with Gasteiger partial charge in [-0.1, -0.05) is 208 Å². The van der Waals surface area contributed by atoms with E-state index in [0.717, 1.165) is 103 Å². The topological polar surface area (TPSA) is 78.9 Å². The summed E-state index contributed by atoms with van der Waals surface area (Å²) in [6, 6.07) is 0. The summed E-state index contributed by atoms with van der Waals surface area (Å²) in [5.74, 6) is -1.02. The number of esters is 3. The molecule has 0 aliphatic rings. The Bertz CT molecular complexity index is 1310. The van der Waals surface area contributed by atoms with Crippen molar-refractivity contribution in [3.8, 4) is 0 Å². The minimum Gasteiger partial charge on any atom is -0.462 e. The highest BCUT2D eigenvalue weighted by Gasteiger charge is 2.19. The van der Waals surface area contributed by atoms with Gasteiger partial charge in [0.25, 0.3) is 0 Å². The van der Waals surface area contributed by atoms with Gasteiger partial charge in [-0.15, -0.1) is 0 Å². The summed E-state index contributed by atoms with van der Waals surface area (Å²) in [5, 5.41) is 0. The molecule has 0 aliphatic heterocycles. The fraction of sp³-hybridized carbons (Fsp3) is 0.678. The fourth-order valence-corrected chi connectivity index (χ4v) is 7.04. The van der Waals surface area contributed by atoms with Crippen LogP contribution in [0.25, 0.3) is 0 Å². The zero-order valence-electron chi connectivity index (χ0n) is 42.2. The van der Waals surface area contributed by atoms with Crippen LogP contribution in [0.4, 0.5) is 0 Å². The number of ether oxygens (including phenoxy) is 3.